The fourth-order valence-electron chi connectivity index (χ4n) is 1.55. The zero-order chi connectivity index (χ0) is 10.6. The second-order valence-electron chi connectivity index (χ2n) is 3.98. The minimum Gasteiger partial charge on any atom is -0.192 e. The fourth-order valence-corrected chi connectivity index (χ4v) is 1.55. The molecule has 0 spiro atoms. The van der Waals surface area contributed by atoms with Crippen LogP contribution in [0.25, 0.3) is 0 Å². The van der Waals surface area contributed by atoms with Gasteiger partial charge in [0, 0.05) is 0 Å². The van der Waals surface area contributed by atoms with E-state index in [0.29, 0.717) is 5.92 Å². The second-order valence-corrected chi connectivity index (χ2v) is 3.98. The van der Waals surface area contributed by atoms with Gasteiger partial charge in [-0.05, 0) is 35.6 Å². The van der Waals surface area contributed by atoms with E-state index >= 15 is 0 Å². The van der Waals surface area contributed by atoms with Gasteiger partial charge in [0.2, 0.25) is 0 Å². The predicted octanol–water partition coefficient (Wildman–Crippen LogP) is 3.63. The molecule has 0 N–H and O–H groups in total. The molecule has 1 heteroatoms. The molecule has 0 radical (unpaired) electrons. The molecule has 1 aromatic rings. The van der Waals surface area contributed by atoms with Gasteiger partial charge in [0.15, 0.2) is 0 Å². The van der Waals surface area contributed by atoms with Gasteiger partial charge in [-0.2, -0.15) is 5.26 Å². The first-order valence-corrected chi connectivity index (χ1v) is 5.21. The van der Waals surface area contributed by atoms with E-state index < -0.39 is 0 Å². The van der Waals surface area contributed by atoms with Crippen LogP contribution in [0.4, 0.5) is 0 Å². The summed E-state index contributed by atoms with van der Waals surface area (Å²) >= 11 is 0. The highest BCUT2D eigenvalue weighted by Gasteiger charge is 2.03. The monoisotopic (exact) mass is 187 g/mol. The molecular weight excluding hydrogens is 170 g/mol. The second kappa shape index (κ2) is 4.81. The molecule has 0 saturated heterocycles. The predicted molar refractivity (Wildman–Crippen MR) is 59.2 cm³/mol. The van der Waals surface area contributed by atoms with Crippen LogP contribution in [0.1, 0.15) is 49.8 Å². The molecule has 74 valence electrons. The maximum atomic E-state index is 8.89. The summed E-state index contributed by atoms with van der Waals surface area (Å²) in [4.78, 5) is 0. The Balaban J connectivity index is 3.08. The zero-order valence-electron chi connectivity index (χ0n) is 9.17. The Morgan fingerprint density at radius 1 is 1.29 bits per heavy atom. The van der Waals surface area contributed by atoms with E-state index in [9.17, 15) is 0 Å². The molecule has 0 amide bonds. The molecule has 0 aliphatic heterocycles. The molecule has 0 aliphatic carbocycles. The third kappa shape index (κ3) is 2.60. The van der Waals surface area contributed by atoms with Crippen molar-refractivity contribution in [2.24, 2.45) is 0 Å². The Kier molecular flexibility index (Phi) is 3.71. The van der Waals surface area contributed by atoms with Gasteiger partial charge in [0.1, 0.15) is 0 Å². The lowest BCUT2D eigenvalue weighted by Crippen LogP contribution is -1.93. The van der Waals surface area contributed by atoms with Gasteiger partial charge in [-0.25, -0.2) is 0 Å². The summed E-state index contributed by atoms with van der Waals surface area (Å²) in [5.74, 6) is 0.499. The van der Waals surface area contributed by atoms with Crippen molar-refractivity contribution in [2.75, 3.05) is 0 Å². The van der Waals surface area contributed by atoms with Crippen LogP contribution in [0.15, 0.2) is 18.2 Å². The minimum atomic E-state index is 0.499. The summed E-state index contributed by atoms with van der Waals surface area (Å²) in [6, 6.07) is 8.42. The van der Waals surface area contributed by atoms with Crippen molar-refractivity contribution in [3.8, 4) is 6.07 Å². The van der Waals surface area contributed by atoms with E-state index in [2.05, 4.69) is 32.9 Å². The first-order chi connectivity index (χ1) is 6.67. The van der Waals surface area contributed by atoms with Crippen LogP contribution < -0.4 is 0 Å². The Labute approximate surface area is 86.4 Å². The lowest BCUT2D eigenvalue weighted by Gasteiger charge is -2.08. The smallest absolute Gasteiger partial charge is 0.0991 e. The summed E-state index contributed by atoms with van der Waals surface area (Å²) in [5, 5.41) is 8.89. The summed E-state index contributed by atoms with van der Waals surface area (Å²) in [5.41, 5.74) is 3.35. The summed E-state index contributed by atoms with van der Waals surface area (Å²) in [6.45, 7) is 6.48. The Bertz CT molecular complexity index is 345. The van der Waals surface area contributed by atoms with Crippen molar-refractivity contribution < 1.29 is 0 Å². The van der Waals surface area contributed by atoms with Crippen LogP contribution in [0, 0.1) is 11.3 Å². The molecule has 0 bridgehead atoms. The molecule has 0 unspecified atom stereocenters. The van der Waals surface area contributed by atoms with E-state index in [1.807, 2.05) is 12.1 Å². The Morgan fingerprint density at radius 2 is 2.00 bits per heavy atom. The molecule has 1 rings (SSSR count). The van der Waals surface area contributed by atoms with Gasteiger partial charge in [0.05, 0.1) is 11.6 Å². The van der Waals surface area contributed by atoms with Gasteiger partial charge < -0.3 is 0 Å². The van der Waals surface area contributed by atoms with Crippen molar-refractivity contribution in [1.29, 1.82) is 5.26 Å². The zero-order valence-corrected chi connectivity index (χ0v) is 9.17. The lowest BCUT2D eigenvalue weighted by atomic mass is 9.96. The van der Waals surface area contributed by atoms with Crippen LogP contribution in [0.5, 0.6) is 0 Å². The molecule has 0 heterocycles. The van der Waals surface area contributed by atoms with E-state index in [1.54, 1.807) is 0 Å². The van der Waals surface area contributed by atoms with Crippen molar-refractivity contribution >= 4 is 0 Å². The van der Waals surface area contributed by atoms with Gasteiger partial charge in [-0.3, -0.25) is 0 Å². The van der Waals surface area contributed by atoms with Gasteiger partial charge in [-0.1, -0.05) is 33.3 Å². The van der Waals surface area contributed by atoms with Crippen LogP contribution in [0.2, 0.25) is 0 Å². The fraction of sp³-hybridized carbons (Fsp3) is 0.462. The third-order valence-electron chi connectivity index (χ3n) is 2.35. The summed E-state index contributed by atoms with van der Waals surface area (Å²) in [6.07, 6.45) is 2.20. The van der Waals surface area contributed by atoms with Crippen LogP contribution in [0.3, 0.4) is 0 Å². The van der Waals surface area contributed by atoms with Gasteiger partial charge in [-0.15, -0.1) is 0 Å². The van der Waals surface area contributed by atoms with Crippen molar-refractivity contribution in [3.05, 3.63) is 34.9 Å². The first kappa shape index (κ1) is 10.8. The highest BCUT2D eigenvalue weighted by Crippen LogP contribution is 2.19. The number of benzene rings is 1. The van der Waals surface area contributed by atoms with Crippen molar-refractivity contribution in [1.82, 2.24) is 0 Å². The molecule has 1 nitrogen and oxygen atoms in total. The molecule has 0 aliphatic rings. The van der Waals surface area contributed by atoms with E-state index in [4.69, 9.17) is 5.26 Å². The quantitative estimate of drug-likeness (QED) is 0.708. The summed E-state index contributed by atoms with van der Waals surface area (Å²) in [7, 11) is 0. The van der Waals surface area contributed by atoms with Crippen LogP contribution in [-0.2, 0) is 6.42 Å². The maximum Gasteiger partial charge on any atom is 0.0991 e. The van der Waals surface area contributed by atoms with E-state index in [-0.39, 0.29) is 0 Å². The topological polar surface area (TPSA) is 23.8 Å². The number of aryl methyl sites for hydroxylation is 1. The first-order valence-electron chi connectivity index (χ1n) is 5.21. The average Bonchev–Trinajstić information content (AvgIpc) is 2.17. The normalized spacial score (nSPS) is 10.2. The minimum absolute atomic E-state index is 0.499. The Morgan fingerprint density at radius 3 is 2.50 bits per heavy atom. The van der Waals surface area contributed by atoms with Crippen molar-refractivity contribution in [3.63, 3.8) is 0 Å². The molecule has 14 heavy (non-hydrogen) atoms. The SMILES string of the molecule is CCCc1cc(C#N)cc(C(C)C)c1. The molecule has 0 saturated carbocycles. The van der Waals surface area contributed by atoms with Crippen LogP contribution in [-0.4, -0.2) is 0 Å². The highest BCUT2D eigenvalue weighted by molar-refractivity contribution is 5.38. The highest BCUT2D eigenvalue weighted by atomic mass is 14.2. The standard InChI is InChI=1S/C13H17N/c1-4-5-11-6-12(9-14)8-13(7-11)10(2)3/h6-8,10H,4-5H2,1-3H3. The van der Waals surface area contributed by atoms with Gasteiger partial charge in [0.25, 0.3) is 0 Å². The number of hydrogen-bond acceptors (Lipinski definition) is 1. The van der Waals surface area contributed by atoms with Gasteiger partial charge >= 0.3 is 0 Å². The third-order valence-corrected chi connectivity index (χ3v) is 2.35. The average molecular weight is 187 g/mol. The molecule has 0 atom stereocenters. The summed E-state index contributed by atoms with van der Waals surface area (Å²) < 4.78 is 0. The largest absolute Gasteiger partial charge is 0.192 e. The number of rotatable bonds is 3. The molecular formula is C13H17N. The molecule has 0 aromatic heterocycles. The number of hydrogen-bond donors (Lipinski definition) is 0. The molecule has 0 fully saturated rings. The number of nitriles is 1. The van der Waals surface area contributed by atoms with E-state index in [0.717, 1.165) is 18.4 Å². The van der Waals surface area contributed by atoms with E-state index in [1.165, 1.54) is 11.1 Å². The van der Waals surface area contributed by atoms with Crippen molar-refractivity contribution in [2.45, 2.75) is 39.5 Å². The lowest BCUT2D eigenvalue weighted by molar-refractivity contribution is 0.853. The maximum absolute atomic E-state index is 8.89. The Hall–Kier alpha value is -1.29. The molecule has 1 aromatic carbocycles. The van der Waals surface area contributed by atoms with Crippen LogP contribution >= 0.6 is 0 Å². The number of nitrogens with zero attached hydrogens (tertiary/aromatic N) is 1.